The number of nitrogens with one attached hydrogen (secondary N) is 2. The molecule has 1 atom stereocenters. The summed E-state index contributed by atoms with van der Waals surface area (Å²) in [7, 11) is 4.27. The molecule has 1 aromatic heterocycles. The first kappa shape index (κ1) is 22.9. The molecular weight excluding hydrogens is 384 g/mol. The normalized spacial score (nSPS) is 12.0. The zero-order chi connectivity index (χ0) is 21.2. The zero-order valence-corrected chi connectivity index (χ0v) is 18.6. The van der Waals surface area contributed by atoms with Gasteiger partial charge in [0, 0.05) is 18.7 Å². The van der Waals surface area contributed by atoms with Crippen molar-refractivity contribution in [1.29, 1.82) is 5.26 Å². The summed E-state index contributed by atoms with van der Waals surface area (Å²) in [6.07, 6.45) is 3.50. The molecule has 0 fully saturated rings. The third-order valence-corrected chi connectivity index (χ3v) is 5.72. The first-order valence-corrected chi connectivity index (χ1v) is 11.1. The number of hydrogen-bond donors (Lipinski definition) is 2. The van der Waals surface area contributed by atoms with Crippen molar-refractivity contribution < 1.29 is 9.69 Å². The number of unbranched alkanes of at least 4 members (excludes halogenated alkanes) is 1. The van der Waals surface area contributed by atoms with Crippen molar-refractivity contribution in [2.45, 2.75) is 57.3 Å². The Balaban J connectivity index is 2.04. The van der Waals surface area contributed by atoms with E-state index >= 15 is 0 Å². The molecular formula is C21H31N6OS+. The van der Waals surface area contributed by atoms with Gasteiger partial charge in [0.1, 0.15) is 6.04 Å². The molecule has 0 unspecified atom stereocenters. The van der Waals surface area contributed by atoms with Crippen LogP contribution in [0, 0.1) is 11.3 Å². The highest BCUT2D eigenvalue weighted by Gasteiger charge is 2.24. The Labute approximate surface area is 177 Å². The number of quaternary nitrogens is 1. The summed E-state index contributed by atoms with van der Waals surface area (Å²) in [6, 6.07) is 9.76. The number of carbonyl (C=O) groups is 1. The molecule has 2 rings (SSSR count). The molecule has 1 amide bonds. The average Bonchev–Trinajstić information content (AvgIpc) is 3.09. The smallest absolute Gasteiger partial charge is 0.234 e. The Hall–Kier alpha value is -2.37. The van der Waals surface area contributed by atoms with Crippen molar-refractivity contribution in [2.75, 3.05) is 25.2 Å². The number of nitriles is 1. The van der Waals surface area contributed by atoms with E-state index in [1.165, 1.54) is 16.7 Å². The van der Waals surface area contributed by atoms with E-state index in [9.17, 15) is 4.79 Å². The molecule has 0 bridgehead atoms. The molecule has 8 heteroatoms. The first-order chi connectivity index (χ1) is 14.0. The van der Waals surface area contributed by atoms with Gasteiger partial charge in [0.25, 0.3) is 0 Å². The van der Waals surface area contributed by atoms with E-state index in [-0.39, 0.29) is 17.7 Å². The molecule has 2 N–H and O–H groups in total. The quantitative estimate of drug-likeness (QED) is 0.551. The van der Waals surface area contributed by atoms with Crippen LogP contribution in [0.1, 0.15) is 50.5 Å². The van der Waals surface area contributed by atoms with Crippen LogP contribution in [0.3, 0.4) is 0 Å². The van der Waals surface area contributed by atoms with E-state index in [0.717, 1.165) is 48.0 Å². The molecule has 29 heavy (non-hydrogen) atoms. The van der Waals surface area contributed by atoms with Gasteiger partial charge in [0.05, 0.1) is 32.3 Å². The number of rotatable bonds is 11. The van der Waals surface area contributed by atoms with Crippen LogP contribution in [0.5, 0.6) is 0 Å². The van der Waals surface area contributed by atoms with E-state index in [1.807, 2.05) is 24.3 Å². The van der Waals surface area contributed by atoms with Crippen LogP contribution in [-0.2, 0) is 17.8 Å². The Morgan fingerprint density at radius 3 is 2.59 bits per heavy atom. The van der Waals surface area contributed by atoms with E-state index in [2.05, 4.69) is 54.1 Å². The standard InChI is InChI=1S/C21H30N6OS/c1-5-7-14-27-20(18(6-2)26(3)4)24-25-21(27)29-15-19(28)23-17-10-8-16(9-11-17)12-13-22/h8-11,18H,5-7,12,14-15H2,1-4H3,(H,23,28)/p+1/t18-/m1/s1. The number of aromatic nitrogens is 3. The number of thioether (sulfide) groups is 1. The molecule has 0 radical (unpaired) electrons. The number of anilines is 1. The van der Waals surface area contributed by atoms with Crippen LogP contribution in [0.15, 0.2) is 29.4 Å². The zero-order valence-electron chi connectivity index (χ0n) is 17.7. The number of nitrogens with zero attached hydrogens (tertiary/aromatic N) is 4. The van der Waals surface area contributed by atoms with Crippen molar-refractivity contribution in [3.63, 3.8) is 0 Å². The van der Waals surface area contributed by atoms with Crippen LogP contribution in [-0.4, -0.2) is 40.5 Å². The van der Waals surface area contributed by atoms with Crippen molar-refractivity contribution in [1.82, 2.24) is 14.8 Å². The van der Waals surface area contributed by atoms with Crippen LogP contribution < -0.4 is 10.2 Å². The van der Waals surface area contributed by atoms with Crippen LogP contribution in [0.2, 0.25) is 0 Å². The Bertz CT molecular complexity index is 825. The molecule has 0 aliphatic carbocycles. The fourth-order valence-corrected chi connectivity index (χ4v) is 3.94. The predicted octanol–water partition coefficient (Wildman–Crippen LogP) is 2.47. The van der Waals surface area contributed by atoms with Crippen LogP contribution in [0.25, 0.3) is 0 Å². The van der Waals surface area contributed by atoms with Gasteiger partial charge in [-0.1, -0.05) is 44.2 Å². The summed E-state index contributed by atoms with van der Waals surface area (Å²) in [5.74, 6) is 1.19. The summed E-state index contributed by atoms with van der Waals surface area (Å²) in [5.41, 5.74) is 1.66. The summed E-state index contributed by atoms with van der Waals surface area (Å²) in [5, 5.41) is 21.3. The minimum Gasteiger partial charge on any atom is -0.331 e. The Kier molecular flexibility index (Phi) is 9.16. The summed E-state index contributed by atoms with van der Waals surface area (Å²) in [6.45, 7) is 5.20. The molecule has 0 spiro atoms. The Morgan fingerprint density at radius 2 is 2.00 bits per heavy atom. The fraction of sp³-hybridized carbons (Fsp3) is 0.524. The Morgan fingerprint density at radius 1 is 1.28 bits per heavy atom. The topological polar surface area (TPSA) is 88.0 Å². The second-order valence-corrected chi connectivity index (χ2v) is 8.20. The molecule has 0 saturated carbocycles. The van der Waals surface area contributed by atoms with Crippen molar-refractivity contribution >= 4 is 23.4 Å². The number of benzene rings is 1. The molecule has 1 heterocycles. The summed E-state index contributed by atoms with van der Waals surface area (Å²) in [4.78, 5) is 13.7. The van der Waals surface area contributed by atoms with Gasteiger partial charge in [-0.05, 0) is 24.1 Å². The minimum atomic E-state index is -0.0834. The maximum Gasteiger partial charge on any atom is 0.234 e. The van der Waals surface area contributed by atoms with Gasteiger partial charge in [-0.2, -0.15) is 5.26 Å². The van der Waals surface area contributed by atoms with Crippen LogP contribution in [0.4, 0.5) is 5.69 Å². The van der Waals surface area contributed by atoms with E-state index < -0.39 is 0 Å². The monoisotopic (exact) mass is 415 g/mol. The highest BCUT2D eigenvalue weighted by molar-refractivity contribution is 7.99. The van der Waals surface area contributed by atoms with Crippen molar-refractivity contribution in [2.24, 2.45) is 0 Å². The lowest BCUT2D eigenvalue weighted by Crippen LogP contribution is -3.06. The van der Waals surface area contributed by atoms with E-state index in [4.69, 9.17) is 5.26 Å². The minimum absolute atomic E-state index is 0.0834. The molecule has 7 nitrogen and oxygen atoms in total. The van der Waals surface area contributed by atoms with Gasteiger partial charge >= 0.3 is 0 Å². The second kappa shape index (κ2) is 11.6. The molecule has 156 valence electrons. The van der Waals surface area contributed by atoms with Gasteiger partial charge in [0.2, 0.25) is 5.91 Å². The largest absolute Gasteiger partial charge is 0.331 e. The third-order valence-electron chi connectivity index (χ3n) is 4.75. The highest BCUT2D eigenvalue weighted by Crippen LogP contribution is 2.22. The SMILES string of the molecule is CCCCn1c(SCC(=O)Nc2ccc(CC#N)cc2)nnc1[C@@H](CC)[NH+](C)C. The van der Waals surface area contributed by atoms with E-state index in [1.54, 1.807) is 0 Å². The lowest BCUT2D eigenvalue weighted by molar-refractivity contribution is -0.893. The van der Waals surface area contributed by atoms with E-state index in [0.29, 0.717) is 6.42 Å². The molecule has 2 aromatic rings. The van der Waals surface area contributed by atoms with Crippen LogP contribution >= 0.6 is 11.8 Å². The maximum absolute atomic E-state index is 12.4. The number of carbonyl (C=O) groups excluding carboxylic acids is 1. The number of amides is 1. The third kappa shape index (κ3) is 6.58. The van der Waals surface area contributed by atoms with Gasteiger partial charge in [-0.3, -0.25) is 4.79 Å². The van der Waals surface area contributed by atoms with Gasteiger partial charge in [0.15, 0.2) is 11.0 Å². The fourth-order valence-electron chi connectivity index (χ4n) is 3.16. The predicted molar refractivity (Wildman–Crippen MR) is 116 cm³/mol. The lowest BCUT2D eigenvalue weighted by atomic mass is 10.1. The first-order valence-electron chi connectivity index (χ1n) is 10.1. The molecule has 0 saturated heterocycles. The number of hydrogen-bond acceptors (Lipinski definition) is 5. The maximum atomic E-state index is 12.4. The molecule has 1 aromatic carbocycles. The average molecular weight is 416 g/mol. The van der Waals surface area contributed by atoms with Gasteiger partial charge in [-0.25, -0.2) is 0 Å². The van der Waals surface area contributed by atoms with Crippen molar-refractivity contribution in [3.8, 4) is 6.07 Å². The second-order valence-electron chi connectivity index (χ2n) is 7.25. The summed E-state index contributed by atoms with van der Waals surface area (Å²) < 4.78 is 2.18. The summed E-state index contributed by atoms with van der Waals surface area (Å²) >= 11 is 1.42. The van der Waals surface area contributed by atoms with Gasteiger partial charge < -0.3 is 14.8 Å². The molecule has 0 aliphatic rings. The van der Waals surface area contributed by atoms with Crippen molar-refractivity contribution in [3.05, 3.63) is 35.7 Å². The van der Waals surface area contributed by atoms with Gasteiger partial charge in [-0.15, -0.1) is 10.2 Å². The lowest BCUT2D eigenvalue weighted by Gasteiger charge is -2.20. The molecule has 0 aliphatic heterocycles. The highest BCUT2D eigenvalue weighted by atomic mass is 32.2.